The molecular formula is C17H24N2O3. The number of hydrogen-bond donors (Lipinski definition) is 2. The third-order valence-corrected chi connectivity index (χ3v) is 4.55. The largest absolute Gasteiger partial charge is 0.388 e. The fourth-order valence-corrected chi connectivity index (χ4v) is 2.76. The Morgan fingerprint density at radius 3 is 2.59 bits per heavy atom. The maximum Gasteiger partial charge on any atom is 0.316 e. The lowest BCUT2D eigenvalue weighted by atomic mass is 9.98. The molecule has 0 aliphatic carbocycles. The van der Waals surface area contributed by atoms with E-state index in [0.717, 1.165) is 11.3 Å². The predicted octanol–water partition coefficient (Wildman–Crippen LogP) is 1.80. The third-order valence-electron chi connectivity index (χ3n) is 4.55. The number of benzene rings is 1. The van der Waals surface area contributed by atoms with Crippen molar-refractivity contribution in [3.8, 4) is 0 Å². The van der Waals surface area contributed by atoms with Gasteiger partial charge in [0.2, 0.25) is 0 Å². The highest BCUT2D eigenvalue weighted by Gasteiger charge is 2.33. The number of amides is 2. The van der Waals surface area contributed by atoms with Gasteiger partial charge in [-0.2, -0.15) is 0 Å². The van der Waals surface area contributed by atoms with E-state index in [2.05, 4.69) is 5.32 Å². The summed E-state index contributed by atoms with van der Waals surface area (Å²) in [6, 6.07) is 7.64. The second-order valence-corrected chi connectivity index (χ2v) is 5.99. The molecule has 0 aromatic heterocycles. The molecule has 2 N–H and O–H groups in total. The minimum Gasteiger partial charge on any atom is -0.388 e. The number of hydrogen-bond acceptors (Lipinski definition) is 3. The maximum atomic E-state index is 12.4. The summed E-state index contributed by atoms with van der Waals surface area (Å²) in [5, 5.41) is 12.8. The molecule has 1 unspecified atom stereocenters. The van der Waals surface area contributed by atoms with Crippen LogP contribution in [-0.2, 0) is 9.59 Å². The smallest absolute Gasteiger partial charge is 0.316 e. The van der Waals surface area contributed by atoms with Crippen LogP contribution in [0.4, 0.5) is 5.69 Å². The Labute approximate surface area is 131 Å². The van der Waals surface area contributed by atoms with Gasteiger partial charge in [0.1, 0.15) is 0 Å². The zero-order chi connectivity index (χ0) is 16.3. The molecule has 2 rings (SSSR count). The van der Waals surface area contributed by atoms with Gasteiger partial charge in [-0.05, 0) is 24.5 Å². The molecule has 1 aromatic carbocycles. The van der Waals surface area contributed by atoms with Crippen LogP contribution in [0.3, 0.4) is 0 Å². The highest BCUT2D eigenvalue weighted by atomic mass is 16.3. The molecule has 1 aromatic rings. The van der Waals surface area contributed by atoms with Crippen LogP contribution < -0.4 is 10.2 Å². The first-order chi connectivity index (χ1) is 10.4. The molecule has 0 fully saturated rings. The van der Waals surface area contributed by atoms with Crippen molar-refractivity contribution in [3.05, 3.63) is 29.8 Å². The lowest BCUT2D eigenvalue weighted by Crippen LogP contribution is -2.48. The molecule has 2 amide bonds. The fourth-order valence-electron chi connectivity index (χ4n) is 2.76. The van der Waals surface area contributed by atoms with Crippen molar-refractivity contribution in [2.45, 2.75) is 45.1 Å². The van der Waals surface area contributed by atoms with Crippen LogP contribution in [0.5, 0.6) is 0 Å². The Hall–Kier alpha value is -1.88. The van der Waals surface area contributed by atoms with E-state index in [4.69, 9.17) is 0 Å². The number of para-hydroxylation sites is 1. The summed E-state index contributed by atoms with van der Waals surface area (Å²) < 4.78 is 0. The average Bonchev–Trinajstić information content (AvgIpc) is 2.89. The lowest BCUT2D eigenvalue weighted by molar-refractivity contribution is -0.138. The van der Waals surface area contributed by atoms with Crippen molar-refractivity contribution in [1.82, 2.24) is 5.32 Å². The number of carbonyl (C=O) groups excluding carboxylic acids is 2. The standard InChI is InChI=1S/C17H24N2O3/c1-4-17(22,5-2)11-18-15(20)16(21)19-10-12(3)13-8-6-7-9-14(13)19/h6-9,12,22H,4-5,10-11H2,1-3H3,(H,18,20). The second-order valence-electron chi connectivity index (χ2n) is 5.99. The van der Waals surface area contributed by atoms with Crippen LogP contribution in [0, 0.1) is 0 Å². The molecule has 5 nitrogen and oxygen atoms in total. The number of rotatable bonds is 4. The SMILES string of the molecule is CCC(O)(CC)CNC(=O)C(=O)N1CC(C)c2ccccc21. The van der Waals surface area contributed by atoms with E-state index in [1.165, 1.54) is 4.90 Å². The van der Waals surface area contributed by atoms with Gasteiger partial charge in [0.15, 0.2) is 0 Å². The third kappa shape index (κ3) is 3.14. The van der Waals surface area contributed by atoms with Gasteiger partial charge in [-0.3, -0.25) is 9.59 Å². The van der Waals surface area contributed by atoms with Gasteiger partial charge in [-0.1, -0.05) is 39.0 Å². The number of carbonyl (C=O) groups is 2. The van der Waals surface area contributed by atoms with Gasteiger partial charge in [0, 0.05) is 24.7 Å². The molecule has 1 atom stereocenters. The summed E-state index contributed by atoms with van der Waals surface area (Å²) in [7, 11) is 0. The van der Waals surface area contributed by atoms with Crippen molar-refractivity contribution < 1.29 is 14.7 Å². The van der Waals surface area contributed by atoms with Crippen LogP contribution in [0.15, 0.2) is 24.3 Å². The van der Waals surface area contributed by atoms with Crippen LogP contribution in [0.2, 0.25) is 0 Å². The molecule has 5 heteroatoms. The van der Waals surface area contributed by atoms with Gasteiger partial charge < -0.3 is 15.3 Å². The van der Waals surface area contributed by atoms with Gasteiger partial charge in [0.25, 0.3) is 0 Å². The Morgan fingerprint density at radius 2 is 1.95 bits per heavy atom. The predicted molar refractivity (Wildman–Crippen MR) is 85.8 cm³/mol. The molecule has 0 saturated heterocycles. The normalized spacial score (nSPS) is 17.3. The first kappa shape index (κ1) is 16.5. The van der Waals surface area contributed by atoms with E-state index in [9.17, 15) is 14.7 Å². The Morgan fingerprint density at radius 1 is 1.32 bits per heavy atom. The van der Waals surface area contributed by atoms with Crippen molar-refractivity contribution in [2.24, 2.45) is 0 Å². The van der Waals surface area contributed by atoms with Crippen LogP contribution in [0.25, 0.3) is 0 Å². The molecule has 22 heavy (non-hydrogen) atoms. The van der Waals surface area contributed by atoms with Gasteiger partial charge in [0.05, 0.1) is 5.60 Å². The fraction of sp³-hybridized carbons (Fsp3) is 0.529. The van der Waals surface area contributed by atoms with Crippen molar-refractivity contribution >= 4 is 17.5 Å². The summed E-state index contributed by atoms with van der Waals surface area (Å²) in [6.45, 7) is 6.36. The number of nitrogens with one attached hydrogen (secondary N) is 1. The van der Waals surface area contributed by atoms with Crippen LogP contribution in [-0.4, -0.2) is 35.6 Å². The zero-order valence-corrected chi connectivity index (χ0v) is 13.4. The highest BCUT2D eigenvalue weighted by molar-refractivity contribution is 6.40. The lowest BCUT2D eigenvalue weighted by Gasteiger charge is -2.25. The molecule has 0 bridgehead atoms. The van der Waals surface area contributed by atoms with Crippen molar-refractivity contribution in [2.75, 3.05) is 18.0 Å². The first-order valence-corrected chi connectivity index (χ1v) is 7.83. The van der Waals surface area contributed by atoms with Gasteiger partial charge in [-0.25, -0.2) is 0 Å². The Bertz CT molecular complexity index is 567. The number of aliphatic hydroxyl groups is 1. The summed E-state index contributed by atoms with van der Waals surface area (Å²) in [5.41, 5.74) is 0.935. The average molecular weight is 304 g/mol. The van der Waals surface area contributed by atoms with Crippen LogP contribution >= 0.6 is 0 Å². The second kappa shape index (κ2) is 6.48. The zero-order valence-electron chi connectivity index (χ0n) is 13.4. The van der Waals surface area contributed by atoms with Crippen molar-refractivity contribution in [1.29, 1.82) is 0 Å². The van der Waals surface area contributed by atoms with E-state index in [-0.39, 0.29) is 12.5 Å². The number of nitrogens with zero attached hydrogens (tertiary/aromatic N) is 1. The summed E-state index contributed by atoms with van der Waals surface area (Å²) >= 11 is 0. The van der Waals surface area contributed by atoms with E-state index < -0.39 is 17.4 Å². The van der Waals surface area contributed by atoms with E-state index >= 15 is 0 Å². The molecule has 120 valence electrons. The molecule has 1 aliphatic heterocycles. The van der Waals surface area contributed by atoms with Gasteiger partial charge in [-0.15, -0.1) is 0 Å². The number of anilines is 1. The Kier molecular flexibility index (Phi) is 4.86. The monoisotopic (exact) mass is 304 g/mol. The first-order valence-electron chi connectivity index (χ1n) is 7.83. The highest BCUT2D eigenvalue weighted by Crippen LogP contribution is 2.35. The number of fused-ring (bicyclic) bond motifs is 1. The molecule has 0 radical (unpaired) electrons. The minimum atomic E-state index is -0.952. The minimum absolute atomic E-state index is 0.0929. The van der Waals surface area contributed by atoms with E-state index in [1.54, 1.807) is 0 Å². The summed E-state index contributed by atoms with van der Waals surface area (Å²) in [6.07, 6.45) is 1.06. The summed E-state index contributed by atoms with van der Waals surface area (Å²) in [5.74, 6) is -1.01. The van der Waals surface area contributed by atoms with E-state index in [0.29, 0.717) is 19.4 Å². The maximum absolute atomic E-state index is 12.4. The topological polar surface area (TPSA) is 69.6 Å². The van der Waals surface area contributed by atoms with Gasteiger partial charge >= 0.3 is 11.8 Å². The Balaban J connectivity index is 2.05. The molecule has 0 saturated carbocycles. The molecular weight excluding hydrogens is 280 g/mol. The van der Waals surface area contributed by atoms with Crippen molar-refractivity contribution in [3.63, 3.8) is 0 Å². The molecule has 1 heterocycles. The molecule has 1 aliphatic rings. The van der Waals surface area contributed by atoms with Crippen LogP contribution in [0.1, 0.15) is 45.1 Å². The molecule has 0 spiro atoms. The van der Waals surface area contributed by atoms with E-state index in [1.807, 2.05) is 45.0 Å². The summed E-state index contributed by atoms with van der Waals surface area (Å²) in [4.78, 5) is 26.0. The quantitative estimate of drug-likeness (QED) is 0.833.